The Morgan fingerprint density at radius 2 is 2.00 bits per heavy atom. The second kappa shape index (κ2) is 6.09. The number of methoxy groups -OCH3 is 1. The second-order valence-electron chi connectivity index (χ2n) is 4.51. The summed E-state index contributed by atoms with van der Waals surface area (Å²) in [7, 11) is 1.62. The molecule has 0 amide bonds. The highest BCUT2D eigenvalue weighted by atomic mass is 19.1. The average molecular weight is 255 g/mol. The molecule has 18 heavy (non-hydrogen) atoms. The molecular formula is C13H22FN3O. The van der Waals surface area contributed by atoms with Crippen LogP contribution in [0.4, 0.5) is 10.2 Å². The number of nitrogens with one attached hydrogen (secondary N) is 1. The van der Waals surface area contributed by atoms with Gasteiger partial charge in [0, 0.05) is 13.7 Å². The van der Waals surface area contributed by atoms with Crippen LogP contribution in [0, 0.1) is 12.7 Å². The Hall–Kier alpha value is -1.23. The molecule has 1 aromatic rings. The Labute approximate surface area is 108 Å². The van der Waals surface area contributed by atoms with E-state index in [0.717, 1.165) is 12.8 Å². The van der Waals surface area contributed by atoms with Gasteiger partial charge in [0.25, 0.3) is 0 Å². The number of aryl methyl sites for hydroxylation is 1. The first-order chi connectivity index (χ1) is 8.48. The van der Waals surface area contributed by atoms with Crippen molar-refractivity contribution in [1.29, 1.82) is 0 Å². The van der Waals surface area contributed by atoms with E-state index in [2.05, 4.69) is 15.3 Å². The fourth-order valence-corrected chi connectivity index (χ4v) is 1.55. The third kappa shape index (κ3) is 2.96. The van der Waals surface area contributed by atoms with Gasteiger partial charge >= 0.3 is 0 Å². The maximum atomic E-state index is 13.9. The Kier molecular flexibility index (Phi) is 5.02. The van der Waals surface area contributed by atoms with Gasteiger partial charge in [-0.3, -0.25) is 0 Å². The average Bonchev–Trinajstić information content (AvgIpc) is 2.39. The van der Waals surface area contributed by atoms with E-state index < -0.39 is 5.60 Å². The molecule has 0 aliphatic carbocycles. The summed E-state index contributed by atoms with van der Waals surface area (Å²) in [6, 6.07) is 0. The van der Waals surface area contributed by atoms with Crippen LogP contribution in [0.3, 0.4) is 0 Å². The number of halogens is 1. The van der Waals surface area contributed by atoms with Crippen molar-refractivity contribution >= 4 is 5.82 Å². The molecule has 0 radical (unpaired) electrons. The highest BCUT2D eigenvalue weighted by molar-refractivity contribution is 5.38. The zero-order chi connectivity index (χ0) is 13.8. The van der Waals surface area contributed by atoms with Crippen LogP contribution in [0.15, 0.2) is 0 Å². The molecule has 0 saturated carbocycles. The first-order valence-corrected chi connectivity index (χ1v) is 6.32. The van der Waals surface area contributed by atoms with Crippen molar-refractivity contribution in [3.05, 3.63) is 17.3 Å². The number of nitrogens with zero attached hydrogens (tertiary/aromatic N) is 2. The Morgan fingerprint density at radius 3 is 2.50 bits per heavy atom. The Balaban J connectivity index is 3.18. The van der Waals surface area contributed by atoms with Crippen molar-refractivity contribution in [3.8, 4) is 0 Å². The topological polar surface area (TPSA) is 47.0 Å². The van der Waals surface area contributed by atoms with E-state index in [-0.39, 0.29) is 11.6 Å². The monoisotopic (exact) mass is 255 g/mol. The van der Waals surface area contributed by atoms with Gasteiger partial charge in [-0.2, -0.15) is 0 Å². The van der Waals surface area contributed by atoms with Gasteiger partial charge in [-0.05, 0) is 26.7 Å². The lowest BCUT2D eigenvalue weighted by Crippen LogP contribution is -2.27. The minimum Gasteiger partial charge on any atom is -0.371 e. The van der Waals surface area contributed by atoms with E-state index in [1.807, 2.05) is 20.8 Å². The van der Waals surface area contributed by atoms with Crippen LogP contribution in [0.1, 0.15) is 45.1 Å². The number of anilines is 1. The number of ether oxygens (including phenoxy) is 1. The Morgan fingerprint density at radius 1 is 1.33 bits per heavy atom. The fraction of sp³-hybridized carbons (Fsp3) is 0.692. The van der Waals surface area contributed by atoms with Crippen LogP contribution in [0.25, 0.3) is 0 Å². The zero-order valence-electron chi connectivity index (χ0n) is 11.8. The molecule has 1 aromatic heterocycles. The summed E-state index contributed by atoms with van der Waals surface area (Å²) in [5.41, 5.74) is -0.239. The lowest BCUT2D eigenvalue weighted by atomic mass is 10.0. The molecule has 4 nitrogen and oxygen atoms in total. The molecular weight excluding hydrogens is 233 g/mol. The lowest BCUT2D eigenvalue weighted by molar-refractivity contribution is -0.00913. The van der Waals surface area contributed by atoms with Crippen LogP contribution < -0.4 is 5.32 Å². The van der Waals surface area contributed by atoms with Gasteiger partial charge in [-0.15, -0.1) is 0 Å². The second-order valence-corrected chi connectivity index (χ2v) is 4.51. The summed E-state index contributed by atoms with van der Waals surface area (Å²) in [5.74, 6) is 0.392. The van der Waals surface area contributed by atoms with Crippen molar-refractivity contribution in [2.75, 3.05) is 19.0 Å². The quantitative estimate of drug-likeness (QED) is 0.848. The summed E-state index contributed by atoms with van der Waals surface area (Å²) in [4.78, 5) is 8.47. The molecule has 0 aromatic carbocycles. The summed E-state index contributed by atoms with van der Waals surface area (Å²) in [5, 5.41) is 2.98. The normalized spacial score (nSPS) is 14.3. The molecule has 0 bridgehead atoms. The van der Waals surface area contributed by atoms with Crippen LogP contribution in [-0.2, 0) is 10.3 Å². The molecule has 0 aliphatic rings. The number of aromatic nitrogens is 2. The van der Waals surface area contributed by atoms with Crippen molar-refractivity contribution < 1.29 is 9.13 Å². The van der Waals surface area contributed by atoms with Crippen LogP contribution >= 0.6 is 0 Å². The van der Waals surface area contributed by atoms with Crippen molar-refractivity contribution in [2.24, 2.45) is 0 Å². The van der Waals surface area contributed by atoms with Crippen LogP contribution in [0.2, 0.25) is 0 Å². The van der Waals surface area contributed by atoms with E-state index >= 15 is 0 Å². The molecule has 1 unspecified atom stereocenters. The largest absolute Gasteiger partial charge is 0.371 e. The number of hydrogen-bond acceptors (Lipinski definition) is 4. The molecule has 0 saturated heterocycles. The Bertz CT molecular complexity index is 405. The van der Waals surface area contributed by atoms with Crippen LogP contribution in [-0.4, -0.2) is 23.6 Å². The van der Waals surface area contributed by atoms with E-state index in [9.17, 15) is 4.39 Å². The molecule has 1 N–H and O–H groups in total. The molecule has 1 rings (SSSR count). The molecule has 0 spiro atoms. The predicted octanol–water partition coefficient (Wildman–Crippen LogP) is 3.02. The third-order valence-corrected chi connectivity index (χ3v) is 3.16. The van der Waals surface area contributed by atoms with Gasteiger partial charge in [-0.1, -0.05) is 13.8 Å². The summed E-state index contributed by atoms with van der Waals surface area (Å²) < 4.78 is 19.3. The first kappa shape index (κ1) is 14.8. The number of hydrogen-bond donors (Lipinski definition) is 1. The maximum Gasteiger partial charge on any atom is 0.186 e. The van der Waals surface area contributed by atoms with E-state index in [1.54, 1.807) is 14.0 Å². The smallest absolute Gasteiger partial charge is 0.186 e. The van der Waals surface area contributed by atoms with Gasteiger partial charge < -0.3 is 10.1 Å². The van der Waals surface area contributed by atoms with Gasteiger partial charge in [0.05, 0.1) is 5.69 Å². The van der Waals surface area contributed by atoms with Gasteiger partial charge in [0.1, 0.15) is 5.60 Å². The van der Waals surface area contributed by atoms with Gasteiger partial charge in [0.15, 0.2) is 17.5 Å². The van der Waals surface area contributed by atoms with Crippen molar-refractivity contribution in [1.82, 2.24) is 9.97 Å². The summed E-state index contributed by atoms with van der Waals surface area (Å²) in [6.07, 6.45) is 1.63. The standard InChI is InChI=1S/C13H22FN3O/c1-6-8-15-11-10(14)9(3)16-12(17-11)13(4,7-2)18-5/h6-8H2,1-5H3,(H,15,16,17). The first-order valence-electron chi connectivity index (χ1n) is 6.32. The molecule has 0 fully saturated rings. The van der Waals surface area contributed by atoms with Gasteiger partial charge in [-0.25, -0.2) is 14.4 Å². The van der Waals surface area contributed by atoms with E-state index in [4.69, 9.17) is 4.74 Å². The fourth-order valence-electron chi connectivity index (χ4n) is 1.55. The lowest BCUT2D eigenvalue weighted by Gasteiger charge is -2.25. The highest BCUT2D eigenvalue weighted by Crippen LogP contribution is 2.27. The highest BCUT2D eigenvalue weighted by Gasteiger charge is 2.29. The van der Waals surface area contributed by atoms with E-state index in [0.29, 0.717) is 18.1 Å². The molecule has 1 atom stereocenters. The molecule has 0 aliphatic heterocycles. The minimum absolute atomic E-state index is 0.260. The van der Waals surface area contributed by atoms with Crippen molar-refractivity contribution in [2.45, 2.75) is 46.1 Å². The van der Waals surface area contributed by atoms with E-state index in [1.165, 1.54) is 0 Å². The minimum atomic E-state index is -0.582. The molecule has 1 heterocycles. The summed E-state index contributed by atoms with van der Waals surface area (Å²) in [6.45, 7) is 8.24. The van der Waals surface area contributed by atoms with Gasteiger partial charge in [0.2, 0.25) is 0 Å². The SMILES string of the molecule is CCCNc1nc(C(C)(CC)OC)nc(C)c1F. The third-order valence-electron chi connectivity index (χ3n) is 3.16. The molecule has 102 valence electrons. The van der Waals surface area contributed by atoms with Crippen LogP contribution in [0.5, 0.6) is 0 Å². The molecule has 5 heteroatoms. The maximum absolute atomic E-state index is 13.9. The zero-order valence-corrected chi connectivity index (χ0v) is 11.8. The van der Waals surface area contributed by atoms with Crippen molar-refractivity contribution in [3.63, 3.8) is 0 Å². The number of rotatable bonds is 6. The summed E-state index contributed by atoms with van der Waals surface area (Å²) >= 11 is 0. The predicted molar refractivity (Wildman–Crippen MR) is 70.2 cm³/mol.